The lowest BCUT2D eigenvalue weighted by atomic mass is 10.0. The van der Waals surface area contributed by atoms with Crippen LogP contribution in [0.25, 0.3) is 0 Å². The van der Waals surface area contributed by atoms with Crippen molar-refractivity contribution in [2.45, 2.75) is 59.5 Å². The van der Waals surface area contributed by atoms with E-state index in [4.69, 9.17) is 9.47 Å². The molecule has 0 N–H and O–H groups in total. The number of hydrogen-bond acceptors (Lipinski definition) is 2. The number of terminal acetylenes is 1. The maximum atomic E-state index is 11.1. The Morgan fingerprint density at radius 1 is 1.44 bits per heavy atom. The number of halogens is 1. The molecule has 1 rings (SSSR count). The van der Waals surface area contributed by atoms with Gasteiger partial charge in [-0.15, -0.1) is 18.9 Å². The van der Waals surface area contributed by atoms with Gasteiger partial charge >= 0.3 is 0 Å². The Labute approximate surface area is 155 Å². The van der Waals surface area contributed by atoms with E-state index in [0.29, 0.717) is 6.42 Å². The summed E-state index contributed by atoms with van der Waals surface area (Å²) in [6.45, 7) is 11.5. The van der Waals surface area contributed by atoms with Crippen molar-refractivity contribution in [3.8, 4) is 12.3 Å². The van der Waals surface area contributed by atoms with E-state index in [0.717, 1.165) is 25.9 Å². The minimum atomic E-state index is -0.216. The van der Waals surface area contributed by atoms with Crippen LogP contribution in [0, 0.1) is 12.3 Å². The Morgan fingerprint density at radius 2 is 2.08 bits per heavy atom. The van der Waals surface area contributed by atoms with Gasteiger partial charge in [0.05, 0.1) is 25.6 Å². The molecule has 0 amide bonds. The summed E-state index contributed by atoms with van der Waals surface area (Å²) in [5, 5.41) is 0. The SMILES string of the molecule is C#CC.C/C=C/OCCC1=CC(OC)CC=C1.C=CCCCF.CC. The zero-order valence-electron chi connectivity index (χ0n) is 16.8. The van der Waals surface area contributed by atoms with Gasteiger partial charge in [-0.05, 0) is 38.7 Å². The fourth-order valence-corrected chi connectivity index (χ4v) is 1.61. The summed E-state index contributed by atoms with van der Waals surface area (Å²) in [5.74, 6) is 2.25. The summed E-state index contributed by atoms with van der Waals surface area (Å²) in [7, 11) is 1.74. The first-order chi connectivity index (χ1) is 12.2. The van der Waals surface area contributed by atoms with Gasteiger partial charge in [0, 0.05) is 13.5 Å². The van der Waals surface area contributed by atoms with E-state index in [-0.39, 0.29) is 12.8 Å². The van der Waals surface area contributed by atoms with Crippen molar-refractivity contribution in [1.82, 2.24) is 0 Å². The Bertz CT molecular complexity index is 389. The number of rotatable bonds is 8. The van der Waals surface area contributed by atoms with Crippen molar-refractivity contribution in [1.29, 1.82) is 0 Å². The first-order valence-electron chi connectivity index (χ1n) is 8.87. The number of allylic oxidation sites excluding steroid dienone is 3. The van der Waals surface area contributed by atoms with Crippen LogP contribution >= 0.6 is 0 Å². The van der Waals surface area contributed by atoms with Gasteiger partial charge in [0.25, 0.3) is 0 Å². The van der Waals surface area contributed by atoms with Gasteiger partial charge in [0.1, 0.15) is 0 Å². The molecule has 0 spiro atoms. The van der Waals surface area contributed by atoms with Crippen molar-refractivity contribution in [2.24, 2.45) is 0 Å². The normalized spacial score (nSPS) is 14.4. The second kappa shape index (κ2) is 27.1. The van der Waals surface area contributed by atoms with Gasteiger partial charge in [0.2, 0.25) is 0 Å². The van der Waals surface area contributed by atoms with Crippen LogP contribution in [-0.2, 0) is 9.47 Å². The fourth-order valence-electron chi connectivity index (χ4n) is 1.61. The van der Waals surface area contributed by atoms with Crippen molar-refractivity contribution >= 4 is 0 Å². The summed E-state index contributed by atoms with van der Waals surface area (Å²) in [6.07, 6.45) is 20.0. The lowest BCUT2D eigenvalue weighted by Crippen LogP contribution is -2.09. The van der Waals surface area contributed by atoms with Crippen molar-refractivity contribution in [3.63, 3.8) is 0 Å². The van der Waals surface area contributed by atoms with Crippen molar-refractivity contribution in [3.05, 3.63) is 48.8 Å². The lowest BCUT2D eigenvalue weighted by Gasteiger charge is -2.14. The maximum absolute atomic E-state index is 11.1. The maximum Gasteiger partial charge on any atom is 0.0913 e. The average molecular weight is 353 g/mol. The number of methoxy groups -OCH3 is 1. The molecule has 0 fully saturated rings. The molecule has 0 aromatic heterocycles. The third-order valence-corrected chi connectivity index (χ3v) is 2.69. The van der Waals surface area contributed by atoms with E-state index in [1.807, 2.05) is 26.8 Å². The minimum Gasteiger partial charge on any atom is -0.501 e. The highest BCUT2D eigenvalue weighted by molar-refractivity contribution is 5.24. The van der Waals surface area contributed by atoms with Gasteiger partial charge in [-0.2, -0.15) is 0 Å². The zero-order chi connectivity index (χ0) is 19.8. The van der Waals surface area contributed by atoms with E-state index < -0.39 is 0 Å². The molecule has 144 valence electrons. The molecule has 0 bridgehead atoms. The van der Waals surface area contributed by atoms with E-state index >= 15 is 0 Å². The van der Waals surface area contributed by atoms with Crippen LogP contribution in [0.2, 0.25) is 0 Å². The zero-order valence-corrected chi connectivity index (χ0v) is 16.8. The molecule has 2 nitrogen and oxygen atoms in total. The second-order valence-electron chi connectivity index (χ2n) is 4.65. The van der Waals surface area contributed by atoms with E-state index in [2.05, 4.69) is 37.2 Å². The number of alkyl halides is 1. The van der Waals surface area contributed by atoms with Gasteiger partial charge in [-0.25, -0.2) is 0 Å². The first-order valence-corrected chi connectivity index (χ1v) is 8.87. The highest BCUT2D eigenvalue weighted by Gasteiger charge is 2.07. The molecule has 0 aromatic rings. The number of hydrogen-bond donors (Lipinski definition) is 0. The van der Waals surface area contributed by atoms with Crippen LogP contribution in [0.1, 0.15) is 53.4 Å². The number of ether oxygens (including phenoxy) is 2. The average Bonchev–Trinajstić information content (AvgIpc) is 2.66. The fraction of sp³-hybridized carbons (Fsp3) is 0.545. The van der Waals surface area contributed by atoms with Crippen LogP contribution < -0.4 is 0 Å². The van der Waals surface area contributed by atoms with Crippen LogP contribution in [-0.4, -0.2) is 26.5 Å². The Hall–Kier alpha value is -1.79. The number of unbranched alkanes of at least 4 members (excludes halogenated alkanes) is 1. The topological polar surface area (TPSA) is 18.5 Å². The van der Waals surface area contributed by atoms with E-state index in [1.54, 1.807) is 26.4 Å². The smallest absolute Gasteiger partial charge is 0.0913 e. The molecule has 25 heavy (non-hydrogen) atoms. The molecule has 0 aromatic carbocycles. The van der Waals surface area contributed by atoms with Crippen LogP contribution in [0.4, 0.5) is 4.39 Å². The molecule has 1 unspecified atom stereocenters. The third kappa shape index (κ3) is 24.6. The monoisotopic (exact) mass is 352 g/mol. The molecule has 0 aliphatic heterocycles. The Kier molecular flexibility index (Phi) is 30.4. The van der Waals surface area contributed by atoms with E-state index in [1.165, 1.54) is 5.57 Å². The highest BCUT2D eigenvalue weighted by atomic mass is 19.1. The second-order valence-corrected chi connectivity index (χ2v) is 4.65. The molecule has 0 saturated heterocycles. The summed E-state index contributed by atoms with van der Waals surface area (Å²) >= 11 is 0. The van der Waals surface area contributed by atoms with Gasteiger partial charge < -0.3 is 9.47 Å². The molecule has 1 aliphatic rings. The predicted molar refractivity (Wildman–Crippen MR) is 109 cm³/mol. The van der Waals surface area contributed by atoms with E-state index in [9.17, 15) is 4.39 Å². The van der Waals surface area contributed by atoms with Gasteiger partial charge in [-0.1, -0.05) is 44.2 Å². The van der Waals surface area contributed by atoms with Gasteiger partial charge in [-0.3, -0.25) is 4.39 Å². The third-order valence-electron chi connectivity index (χ3n) is 2.69. The molecule has 3 heteroatoms. The standard InChI is InChI=1S/C12H18O2.C5H9F.C3H4.C2H6/c1-3-8-14-9-7-11-5-4-6-12(10-11)13-2;1-2-3-4-5-6;1-3-2;1-2/h3-5,8,10,12H,6-7,9H2,1-2H3;2H,1,3-5H2;1H,2H3;1-2H3/b8-3+;;;. The highest BCUT2D eigenvalue weighted by Crippen LogP contribution is 2.15. The molecule has 0 heterocycles. The summed E-state index contributed by atoms with van der Waals surface area (Å²) in [6, 6.07) is 0. The molecule has 1 atom stereocenters. The molecular weight excluding hydrogens is 315 g/mol. The molecule has 0 saturated carbocycles. The lowest BCUT2D eigenvalue weighted by molar-refractivity contribution is 0.141. The first kappa shape index (κ1) is 28.0. The van der Waals surface area contributed by atoms with Gasteiger partial charge in [0.15, 0.2) is 0 Å². The summed E-state index contributed by atoms with van der Waals surface area (Å²) in [4.78, 5) is 0. The molecular formula is C22H37FO2. The minimum absolute atomic E-state index is 0.216. The largest absolute Gasteiger partial charge is 0.501 e. The summed E-state index contributed by atoms with van der Waals surface area (Å²) < 4.78 is 21.7. The van der Waals surface area contributed by atoms with Crippen LogP contribution in [0.5, 0.6) is 0 Å². The predicted octanol–water partition coefficient (Wildman–Crippen LogP) is 6.42. The molecule has 0 radical (unpaired) electrons. The summed E-state index contributed by atoms with van der Waals surface area (Å²) in [5.41, 5.74) is 1.30. The Balaban J connectivity index is -0.000000367. The molecule has 1 aliphatic carbocycles. The van der Waals surface area contributed by atoms with Crippen molar-refractivity contribution in [2.75, 3.05) is 20.4 Å². The Morgan fingerprint density at radius 3 is 2.52 bits per heavy atom. The van der Waals surface area contributed by atoms with Crippen LogP contribution in [0.15, 0.2) is 48.8 Å². The quantitative estimate of drug-likeness (QED) is 0.217. The van der Waals surface area contributed by atoms with Crippen LogP contribution in [0.3, 0.4) is 0 Å². The van der Waals surface area contributed by atoms with Crippen molar-refractivity contribution < 1.29 is 13.9 Å².